The topological polar surface area (TPSA) is 64.0 Å². The number of nitrogen functional groups attached to an aromatic ring is 1. The average Bonchev–Trinajstić information content (AvgIpc) is 1.99. The second-order valence-electron chi connectivity index (χ2n) is 2.19. The summed E-state index contributed by atoms with van der Waals surface area (Å²) in [5.74, 6) is 0. The number of halogens is 1. The van der Waals surface area contributed by atoms with Gasteiger partial charge in [0.05, 0.1) is 5.69 Å². The molecule has 11 heavy (non-hydrogen) atoms. The summed E-state index contributed by atoms with van der Waals surface area (Å²) < 4.78 is 0.974. The largest absolute Gasteiger partial charge is 0.397 e. The zero-order valence-electron chi connectivity index (χ0n) is 5.98. The molecule has 4 heteroatoms. The number of H-pyrrole nitrogens is 1. The van der Waals surface area contributed by atoms with Crippen LogP contribution < -0.4 is 10.7 Å². The number of aryl methyl sites for hydroxylation is 1. The first-order valence-electron chi connectivity index (χ1n) is 3.03. The number of nitrogens with zero attached hydrogens (tertiary/aromatic N) is 1. The van der Waals surface area contributed by atoms with Gasteiger partial charge in [0, 0.05) is 13.0 Å². The fourth-order valence-electron chi connectivity index (χ4n) is 0.789. The maximum absolute atomic E-state index is 8.54. The highest BCUT2D eigenvalue weighted by Crippen LogP contribution is 2.15. The molecule has 1 aromatic rings. The third-order valence-corrected chi connectivity index (χ3v) is 2.76. The Balaban J connectivity index is 3.35. The molecule has 0 radical (unpaired) electrons. The van der Waals surface area contributed by atoms with Crippen molar-refractivity contribution in [1.82, 2.24) is 0 Å². The van der Waals surface area contributed by atoms with E-state index in [2.05, 4.69) is 27.6 Å². The Kier molecular flexibility index (Phi) is 2.29. The van der Waals surface area contributed by atoms with Gasteiger partial charge in [-0.2, -0.15) is 10.2 Å². The lowest BCUT2D eigenvalue weighted by Gasteiger charge is -1.95. The van der Waals surface area contributed by atoms with Gasteiger partial charge < -0.3 is 5.73 Å². The first-order valence-corrected chi connectivity index (χ1v) is 4.11. The molecule has 0 saturated carbocycles. The van der Waals surface area contributed by atoms with Crippen LogP contribution in [0, 0.1) is 21.8 Å². The molecule has 0 saturated heterocycles. The highest BCUT2D eigenvalue weighted by molar-refractivity contribution is 14.1. The molecule has 0 fully saturated rings. The Morgan fingerprint density at radius 1 is 1.73 bits per heavy atom. The van der Waals surface area contributed by atoms with Crippen LogP contribution in [0.25, 0.3) is 0 Å². The molecule has 1 rings (SSSR count). The van der Waals surface area contributed by atoms with E-state index in [0.717, 1.165) is 9.26 Å². The predicted molar refractivity (Wildman–Crippen MR) is 49.6 cm³/mol. The normalized spacial score (nSPS) is 9.18. The minimum absolute atomic E-state index is 0.500. The molecular formula is C7H7IN3+. The van der Waals surface area contributed by atoms with Gasteiger partial charge in [-0.25, -0.2) is 0 Å². The quantitative estimate of drug-likeness (QED) is 0.703. The Morgan fingerprint density at radius 3 is 2.82 bits per heavy atom. The van der Waals surface area contributed by atoms with E-state index in [9.17, 15) is 0 Å². The first kappa shape index (κ1) is 8.27. The molecule has 0 bridgehead atoms. The van der Waals surface area contributed by atoms with E-state index in [1.807, 2.05) is 13.0 Å². The highest BCUT2D eigenvalue weighted by atomic mass is 127. The highest BCUT2D eigenvalue weighted by Gasteiger charge is 2.09. The van der Waals surface area contributed by atoms with Crippen molar-refractivity contribution in [3.8, 4) is 6.07 Å². The van der Waals surface area contributed by atoms with Crippen LogP contribution in [-0.2, 0) is 0 Å². The number of hydrogen-bond acceptors (Lipinski definition) is 2. The van der Waals surface area contributed by atoms with E-state index < -0.39 is 0 Å². The van der Waals surface area contributed by atoms with Crippen LogP contribution in [0.15, 0.2) is 6.07 Å². The monoisotopic (exact) mass is 260 g/mol. The Labute approximate surface area is 78.4 Å². The average molecular weight is 260 g/mol. The molecule has 0 aliphatic heterocycles. The van der Waals surface area contributed by atoms with Crippen LogP contribution in [-0.4, -0.2) is 0 Å². The van der Waals surface area contributed by atoms with Crippen molar-refractivity contribution in [2.24, 2.45) is 0 Å². The predicted octanol–water partition coefficient (Wildman–Crippen LogP) is 0.868. The lowest BCUT2D eigenvalue weighted by molar-refractivity contribution is -0.392. The summed E-state index contributed by atoms with van der Waals surface area (Å²) in [6.07, 6.45) is 0. The number of aromatic amines is 1. The minimum atomic E-state index is 0.500. The molecule has 0 aromatic carbocycles. The van der Waals surface area contributed by atoms with Crippen LogP contribution >= 0.6 is 22.6 Å². The molecule has 3 nitrogen and oxygen atoms in total. The van der Waals surface area contributed by atoms with E-state index in [4.69, 9.17) is 11.0 Å². The SMILES string of the molecule is Cc1[nH+]c(C#N)cc(N)c1I. The van der Waals surface area contributed by atoms with Crippen molar-refractivity contribution in [2.45, 2.75) is 6.92 Å². The van der Waals surface area contributed by atoms with Crippen molar-refractivity contribution in [2.75, 3.05) is 5.73 Å². The van der Waals surface area contributed by atoms with Crippen LogP contribution in [0.2, 0.25) is 0 Å². The van der Waals surface area contributed by atoms with E-state index in [0.29, 0.717) is 11.4 Å². The molecule has 1 aromatic heterocycles. The van der Waals surface area contributed by atoms with E-state index in [1.54, 1.807) is 6.07 Å². The van der Waals surface area contributed by atoms with Crippen LogP contribution in [0.4, 0.5) is 5.69 Å². The van der Waals surface area contributed by atoms with Gasteiger partial charge >= 0.3 is 0 Å². The fraction of sp³-hybridized carbons (Fsp3) is 0.143. The smallest absolute Gasteiger partial charge is 0.284 e. The summed E-state index contributed by atoms with van der Waals surface area (Å²) in [5.41, 5.74) is 7.70. The number of nitriles is 1. The fourth-order valence-corrected chi connectivity index (χ4v) is 1.08. The van der Waals surface area contributed by atoms with Gasteiger partial charge in [0.15, 0.2) is 11.8 Å². The number of anilines is 1. The van der Waals surface area contributed by atoms with Gasteiger partial charge in [0.1, 0.15) is 3.57 Å². The zero-order chi connectivity index (χ0) is 8.43. The van der Waals surface area contributed by atoms with Gasteiger partial charge in [-0.05, 0) is 22.6 Å². The first-order chi connectivity index (χ1) is 5.15. The van der Waals surface area contributed by atoms with Crippen LogP contribution in [0.1, 0.15) is 11.4 Å². The number of hydrogen-bond donors (Lipinski definition) is 1. The molecule has 56 valence electrons. The van der Waals surface area contributed by atoms with Crippen molar-refractivity contribution in [1.29, 1.82) is 5.26 Å². The van der Waals surface area contributed by atoms with Gasteiger partial charge in [-0.3, -0.25) is 0 Å². The number of aromatic nitrogens is 1. The van der Waals surface area contributed by atoms with Crippen molar-refractivity contribution in [3.05, 3.63) is 21.0 Å². The molecule has 0 spiro atoms. The van der Waals surface area contributed by atoms with Gasteiger partial charge in [0.2, 0.25) is 0 Å². The molecule has 1 heterocycles. The third-order valence-electron chi connectivity index (χ3n) is 1.33. The maximum Gasteiger partial charge on any atom is 0.284 e. The maximum atomic E-state index is 8.54. The molecule has 3 N–H and O–H groups in total. The Bertz CT molecular complexity index is 304. The summed E-state index contributed by atoms with van der Waals surface area (Å²) >= 11 is 2.14. The number of nitrogens with one attached hydrogen (secondary N) is 1. The van der Waals surface area contributed by atoms with Crippen molar-refractivity contribution in [3.63, 3.8) is 0 Å². The van der Waals surface area contributed by atoms with E-state index in [1.165, 1.54) is 0 Å². The number of rotatable bonds is 0. The summed E-state index contributed by atoms with van der Waals surface area (Å²) in [7, 11) is 0. The molecule has 0 aliphatic carbocycles. The van der Waals surface area contributed by atoms with Crippen LogP contribution in [0.5, 0.6) is 0 Å². The standard InChI is InChI=1S/C7H6IN3/c1-4-7(8)6(10)2-5(3-9)11-4/h2H,1H3,(H2,10,11)/p+1. The van der Waals surface area contributed by atoms with Gasteiger partial charge in [-0.1, -0.05) is 0 Å². The lowest BCUT2D eigenvalue weighted by Crippen LogP contribution is -2.15. The lowest BCUT2D eigenvalue weighted by atomic mass is 10.3. The summed E-state index contributed by atoms with van der Waals surface area (Å²) in [5, 5.41) is 8.54. The second-order valence-corrected chi connectivity index (χ2v) is 3.27. The third kappa shape index (κ3) is 1.60. The Morgan fingerprint density at radius 2 is 2.36 bits per heavy atom. The molecule has 0 aliphatic rings. The molecular weight excluding hydrogens is 253 g/mol. The molecule has 0 atom stereocenters. The number of nitrogens with two attached hydrogens (primary N) is 1. The number of pyridine rings is 1. The Hall–Kier alpha value is -0.830. The van der Waals surface area contributed by atoms with Gasteiger partial charge in [0.25, 0.3) is 5.69 Å². The van der Waals surface area contributed by atoms with Crippen LogP contribution in [0.3, 0.4) is 0 Å². The van der Waals surface area contributed by atoms with E-state index >= 15 is 0 Å². The summed E-state index contributed by atoms with van der Waals surface area (Å²) in [6, 6.07) is 3.63. The zero-order valence-corrected chi connectivity index (χ0v) is 8.14. The summed E-state index contributed by atoms with van der Waals surface area (Å²) in [4.78, 5) is 2.92. The minimum Gasteiger partial charge on any atom is -0.397 e. The molecule has 0 amide bonds. The molecule has 0 unspecified atom stereocenters. The van der Waals surface area contributed by atoms with E-state index in [-0.39, 0.29) is 0 Å². The van der Waals surface area contributed by atoms with Gasteiger partial charge in [-0.15, -0.1) is 0 Å². The van der Waals surface area contributed by atoms with Crippen molar-refractivity contribution >= 4 is 28.3 Å². The summed E-state index contributed by atoms with van der Waals surface area (Å²) in [6.45, 7) is 1.89. The second kappa shape index (κ2) is 3.05. The van der Waals surface area contributed by atoms with Crippen molar-refractivity contribution < 1.29 is 4.98 Å².